The summed E-state index contributed by atoms with van der Waals surface area (Å²) in [5, 5.41) is 2.94. The Bertz CT molecular complexity index is 948. The first-order chi connectivity index (χ1) is 16.0. The summed E-state index contributed by atoms with van der Waals surface area (Å²) >= 11 is 0. The minimum atomic E-state index is -4.48. The van der Waals surface area contributed by atoms with Crippen molar-refractivity contribution in [3.8, 4) is 0 Å². The van der Waals surface area contributed by atoms with E-state index in [2.05, 4.69) is 52.3 Å². The van der Waals surface area contributed by atoms with Gasteiger partial charge in [-0.05, 0) is 63.1 Å². The highest BCUT2D eigenvalue weighted by Crippen LogP contribution is 2.33. The van der Waals surface area contributed by atoms with Crippen molar-refractivity contribution >= 4 is 30.2 Å². The second kappa shape index (κ2) is 12.1. The van der Waals surface area contributed by atoms with E-state index < -0.39 is 11.7 Å². The van der Waals surface area contributed by atoms with E-state index >= 15 is 0 Å². The van der Waals surface area contributed by atoms with Crippen LogP contribution in [0.5, 0.6) is 0 Å². The lowest BCUT2D eigenvalue weighted by molar-refractivity contribution is -0.137. The summed E-state index contributed by atoms with van der Waals surface area (Å²) < 4.78 is 39.1. The maximum Gasteiger partial charge on any atom is 0.416 e. The molecule has 1 aliphatic heterocycles. The summed E-state index contributed by atoms with van der Waals surface area (Å²) in [5.74, 6) is 0.109. The SMILES string of the molecule is C=Nc1ccc(C(F)(F)F)cc1C(C)=NCC(=O)NC1CN(C(C)CCC(C)C(=C)C=NC)C1. The Labute approximate surface area is 199 Å². The van der Waals surface area contributed by atoms with Crippen LogP contribution in [-0.2, 0) is 11.0 Å². The summed E-state index contributed by atoms with van der Waals surface area (Å²) in [6.07, 6.45) is -0.630. The van der Waals surface area contributed by atoms with Gasteiger partial charge in [-0.3, -0.25) is 24.7 Å². The van der Waals surface area contributed by atoms with Crippen LogP contribution >= 0.6 is 0 Å². The highest BCUT2D eigenvalue weighted by atomic mass is 19.4. The van der Waals surface area contributed by atoms with Crippen molar-refractivity contribution in [2.45, 2.75) is 51.9 Å². The zero-order chi connectivity index (χ0) is 25.5. The van der Waals surface area contributed by atoms with Crippen LogP contribution in [-0.4, -0.2) is 68.2 Å². The fraction of sp³-hybridized carbons (Fsp3) is 0.520. The highest BCUT2D eigenvalue weighted by molar-refractivity contribution is 6.04. The van der Waals surface area contributed by atoms with Crippen LogP contribution in [0.15, 0.2) is 45.3 Å². The Morgan fingerprint density at radius 3 is 2.56 bits per heavy atom. The molecule has 1 saturated heterocycles. The quantitative estimate of drug-likeness (QED) is 0.469. The molecule has 1 amide bonds. The second-order valence-corrected chi connectivity index (χ2v) is 8.80. The highest BCUT2D eigenvalue weighted by Gasteiger charge is 2.32. The maximum atomic E-state index is 13.0. The first-order valence-electron chi connectivity index (χ1n) is 11.3. The van der Waals surface area contributed by atoms with Crippen molar-refractivity contribution in [3.05, 3.63) is 41.5 Å². The van der Waals surface area contributed by atoms with Gasteiger partial charge in [0.2, 0.25) is 5.91 Å². The molecule has 34 heavy (non-hydrogen) atoms. The smallest absolute Gasteiger partial charge is 0.349 e. The first-order valence-corrected chi connectivity index (χ1v) is 11.3. The number of alkyl halides is 3. The number of hydrogen-bond acceptors (Lipinski definition) is 5. The van der Waals surface area contributed by atoms with Crippen molar-refractivity contribution < 1.29 is 18.0 Å². The van der Waals surface area contributed by atoms with Gasteiger partial charge in [0.05, 0.1) is 17.3 Å². The zero-order valence-electron chi connectivity index (χ0n) is 20.3. The predicted molar refractivity (Wildman–Crippen MR) is 133 cm³/mol. The molecule has 0 aromatic heterocycles. The van der Waals surface area contributed by atoms with Gasteiger partial charge in [-0.2, -0.15) is 13.2 Å². The normalized spacial score (nSPS) is 17.3. The van der Waals surface area contributed by atoms with Gasteiger partial charge in [-0.25, -0.2) is 0 Å². The van der Waals surface area contributed by atoms with Crippen LogP contribution in [0.2, 0.25) is 0 Å². The molecule has 1 N–H and O–H groups in total. The van der Waals surface area contributed by atoms with Crippen LogP contribution in [0.4, 0.5) is 18.9 Å². The van der Waals surface area contributed by atoms with E-state index in [1.807, 2.05) is 0 Å². The molecule has 1 fully saturated rings. The summed E-state index contributed by atoms with van der Waals surface area (Å²) in [7, 11) is 1.74. The van der Waals surface area contributed by atoms with E-state index in [-0.39, 0.29) is 29.7 Å². The topological polar surface area (TPSA) is 69.4 Å². The molecule has 0 radical (unpaired) electrons. The van der Waals surface area contributed by atoms with Gasteiger partial charge >= 0.3 is 6.18 Å². The van der Waals surface area contributed by atoms with Crippen LogP contribution in [0.3, 0.4) is 0 Å². The number of benzene rings is 1. The van der Waals surface area contributed by atoms with Gasteiger partial charge < -0.3 is 5.32 Å². The summed E-state index contributed by atoms with van der Waals surface area (Å²) in [6.45, 7) is 14.7. The van der Waals surface area contributed by atoms with E-state index in [1.165, 1.54) is 6.07 Å². The third-order valence-electron chi connectivity index (χ3n) is 6.19. The van der Waals surface area contributed by atoms with Crippen molar-refractivity contribution in [2.75, 3.05) is 26.7 Å². The molecule has 6 nitrogen and oxygen atoms in total. The van der Waals surface area contributed by atoms with Gasteiger partial charge in [0.25, 0.3) is 0 Å². The summed E-state index contributed by atoms with van der Waals surface area (Å²) in [6, 6.07) is 3.63. The summed E-state index contributed by atoms with van der Waals surface area (Å²) in [4.78, 5) is 26.6. The third kappa shape index (κ3) is 7.62. The van der Waals surface area contributed by atoms with E-state index in [0.29, 0.717) is 17.7 Å². The van der Waals surface area contributed by atoms with Gasteiger partial charge in [0.1, 0.15) is 6.54 Å². The molecule has 1 aromatic rings. The predicted octanol–water partition coefficient (Wildman–Crippen LogP) is 4.71. The van der Waals surface area contributed by atoms with E-state index in [9.17, 15) is 18.0 Å². The number of halogens is 3. The zero-order valence-corrected chi connectivity index (χ0v) is 20.3. The van der Waals surface area contributed by atoms with Crippen molar-refractivity contribution in [1.29, 1.82) is 0 Å². The number of rotatable bonds is 11. The molecule has 1 heterocycles. The number of carbonyl (C=O) groups is 1. The van der Waals surface area contributed by atoms with Crippen molar-refractivity contribution in [1.82, 2.24) is 10.2 Å². The molecule has 1 aromatic carbocycles. The van der Waals surface area contributed by atoms with Crippen LogP contribution < -0.4 is 5.32 Å². The lowest BCUT2D eigenvalue weighted by atomic mass is 9.94. The summed E-state index contributed by atoms with van der Waals surface area (Å²) in [5.41, 5.74) is 1.04. The number of nitrogens with one attached hydrogen (secondary N) is 1. The lowest BCUT2D eigenvalue weighted by Gasteiger charge is -2.43. The van der Waals surface area contributed by atoms with Gasteiger partial charge in [0.15, 0.2) is 0 Å². The third-order valence-corrected chi connectivity index (χ3v) is 6.19. The standard InChI is InChI=1S/C25H34F3N5O/c1-16(17(2)12-29-5)7-8-18(3)33-14-21(15-33)32-24(34)13-31-19(4)22-11-20(25(26,27)28)9-10-23(22)30-6/h9-12,16,18,21H,2,6-8,13-15H2,1,3-5H3,(H,32,34). The first kappa shape index (κ1) is 27.4. The molecule has 0 spiro atoms. The largest absolute Gasteiger partial charge is 0.416 e. The molecule has 0 bridgehead atoms. The molecule has 2 atom stereocenters. The van der Waals surface area contributed by atoms with Gasteiger partial charge in [0, 0.05) is 43.7 Å². The Balaban J connectivity index is 1.83. The van der Waals surface area contributed by atoms with Crippen molar-refractivity contribution in [3.63, 3.8) is 0 Å². The number of hydrogen-bond donors (Lipinski definition) is 1. The number of aliphatic imine (C=N–C) groups is 3. The van der Waals surface area contributed by atoms with Gasteiger partial charge in [-0.15, -0.1) is 0 Å². The minimum absolute atomic E-state index is 0.0454. The molecule has 1 aliphatic rings. The van der Waals surface area contributed by atoms with E-state index in [1.54, 1.807) is 20.2 Å². The number of amides is 1. The fourth-order valence-corrected chi connectivity index (χ4v) is 3.81. The molecule has 0 aliphatic carbocycles. The minimum Gasteiger partial charge on any atom is -0.349 e. The van der Waals surface area contributed by atoms with Crippen LogP contribution in [0.25, 0.3) is 0 Å². The Kier molecular flexibility index (Phi) is 9.73. The molecular formula is C25H34F3N5O. The van der Waals surface area contributed by atoms with Gasteiger partial charge in [-0.1, -0.05) is 13.5 Å². The number of nitrogens with zero attached hydrogens (tertiary/aromatic N) is 4. The molecule has 9 heteroatoms. The average molecular weight is 478 g/mol. The molecular weight excluding hydrogens is 443 g/mol. The van der Waals surface area contributed by atoms with Crippen LogP contribution in [0.1, 0.15) is 44.7 Å². The Hall–Kier alpha value is -2.81. The monoisotopic (exact) mass is 477 g/mol. The molecule has 0 saturated carbocycles. The second-order valence-electron chi connectivity index (χ2n) is 8.80. The average Bonchev–Trinajstić information content (AvgIpc) is 2.76. The number of carbonyl (C=O) groups excluding carboxylic acids is 1. The molecule has 2 rings (SSSR count). The van der Waals surface area contributed by atoms with E-state index in [4.69, 9.17) is 0 Å². The maximum absolute atomic E-state index is 13.0. The van der Waals surface area contributed by atoms with Crippen LogP contribution in [0, 0.1) is 5.92 Å². The lowest BCUT2D eigenvalue weighted by Crippen LogP contribution is -2.61. The Morgan fingerprint density at radius 1 is 1.29 bits per heavy atom. The van der Waals surface area contributed by atoms with Crippen molar-refractivity contribution in [2.24, 2.45) is 20.9 Å². The fourth-order valence-electron chi connectivity index (χ4n) is 3.81. The Morgan fingerprint density at radius 2 is 1.97 bits per heavy atom. The number of likely N-dealkylation sites (tertiary alicyclic amines) is 1. The van der Waals surface area contributed by atoms with E-state index in [0.717, 1.165) is 43.6 Å². The molecule has 186 valence electrons. The molecule has 2 unspecified atom stereocenters. The number of allylic oxidation sites excluding steroid dienone is 1.